The summed E-state index contributed by atoms with van der Waals surface area (Å²) >= 11 is 0. The molecule has 2 saturated heterocycles. The van der Waals surface area contributed by atoms with E-state index in [0.717, 1.165) is 17.9 Å². The van der Waals surface area contributed by atoms with Gasteiger partial charge >= 0.3 is 0 Å². The van der Waals surface area contributed by atoms with Crippen LogP contribution >= 0.6 is 0 Å². The van der Waals surface area contributed by atoms with E-state index in [1.807, 2.05) is 0 Å². The first kappa shape index (κ1) is 14.1. The van der Waals surface area contributed by atoms with Gasteiger partial charge < -0.3 is 10.2 Å². The third-order valence-electron chi connectivity index (χ3n) is 5.18. The Labute approximate surface area is 123 Å². The summed E-state index contributed by atoms with van der Waals surface area (Å²) < 4.78 is 0. The molecule has 2 nitrogen and oxygen atoms in total. The first-order valence-electron chi connectivity index (χ1n) is 8.32. The quantitative estimate of drug-likeness (QED) is 0.908. The Morgan fingerprint density at radius 2 is 2.05 bits per heavy atom. The normalized spacial score (nSPS) is 32.1. The molecule has 0 aromatic heterocycles. The molecular formula is C18H28N2. The van der Waals surface area contributed by atoms with Crippen molar-refractivity contribution in [2.24, 2.45) is 5.92 Å². The fraction of sp³-hybridized carbons (Fsp3) is 0.667. The van der Waals surface area contributed by atoms with Crippen molar-refractivity contribution in [2.45, 2.75) is 44.6 Å². The molecule has 1 aromatic rings. The summed E-state index contributed by atoms with van der Waals surface area (Å²) in [5, 5.41) is 3.55. The van der Waals surface area contributed by atoms with E-state index in [4.69, 9.17) is 0 Å². The first-order valence-corrected chi connectivity index (χ1v) is 8.32. The van der Waals surface area contributed by atoms with E-state index < -0.39 is 0 Å². The molecule has 2 heteroatoms. The van der Waals surface area contributed by atoms with E-state index in [2.05, 4.69) is 47.5 Å². The van der Waals surface area contributed by atoms with Crippen LogP contribution in [-0.2, 0) is 0 Å². The van der Waals surface area contributed by atoms with Crippen LogP contribution in [0.4, 0.5) is 0 Å². The maximum Gasteiger partial charge on any atom is 0.00728 e. The molecule has 0 bridgehead atoms. The summed E-state index contributed by atoms with van der Waals surface area (Å²) in [5.74, 6) is 1.64. The number of nitrogens with zero attached hydrogens (tertiary/aromatic N) is 1. The van der Waals surface area contributed by atoms with Gasteiger partial charge in [-0.05, 0) is 69.6 Å². The minimum absolute atomic E-state index is 0.732. The van der Waals surface area contributed by atoms with E-state index in [-0.39, 0.29) is 0 Å². The van der Waals surface area contributed by atoms with Gasteiger partial charge in [-0.2, -0.15) is 0 Å². The van der Waals surface area contributed by atoms with Gasteiger partial charge in [0.25, 0.3) is 0 Å². The Balaban J connectivity index is 1.54. The molecule has 0 radical (unpaired) electrons. The van der Waals surface area contributed by atoms with E-state index in [1.165, 1.54) is 51.9 Å². The number of rotatable bonds is 3. The lowest BCUT2D eigenvalue weighted by molar-refractivity contribution is 0.116. The molecule has 2 fully saturated rings. The summed E-state index contributed by atoms with van der Waals surface area (Å²) in [4.78, 5) is 2.73. The van der Waals surface area contributed by atoms with Crippen LogP contribution in [0.15, 0.2) is 30.3 Å². The van der Waals surface area contributed by atoms with Crippen molar-refractivity contribution < 1.29 is 0 Å². The van der Waals surface area contributed by atoms with Crippen LogP contribution < -0.4 is 5.32 Å². The zero-order valence-corrected chi connectivity index (χ0v) is 12.7. The molecule has 1 N–H and O–H groups in total. The van der Waals surface area contributed by atoms with Gasteiger partial charge in [0.15, 0.2) is 0 Å². The average Bonchev–Trinajstić information content (AvgIpc) is 2.51. The Hall–Kier alpha value is -0.860. The predicted molar refractivity (Wildman–Crippen MR) is 85.0 cm³/mol. The monoisotopic (exact) mass is 272 g/mol. The number of hydrogen-bond donors (Lipinski definition) is 1. The van der Waals surface area contributed by atoms with E-state index in [0.29, 0.717) is 0 Å². The van der Waals surface area contributed by atoms with Crippen LogP contribution in [-0.4, -0.2) is 37.1 Å². The topological polar surface area (TPSA) is 15.3 Å². The molecule has 0 saturated carbocycles. The Morgan fingerprint density at radius 3 is 2.75 bits per heavy atom. The van der Waals surface area contributed by atoms with Crippen LogP contribution in [0.25, 0.3) is 0 Å². The molecule has 0 amide bonds. The zero-order valence-electron chi connectivity index (χ0n) is 12.7. The molecule has 0 aliphatic carbocycles. The van der Waals surface area contributed by atoms with Gasteiger partial charge in [0, 0.05) is 12.6 Å². The van der Waals surface area contributed by atoms with Gasteiger partial charge in [0.1, 0.15) is 0 Å². The lowest BCUT2D eigenvalue weighted by Crippen LogP contribution is -2.45. The smallest absolute Gasteiger partial charge is 0.00728 e. The molecule has 3 atom stereocenters. The maximum absolute atomic E-state index is 3.55. The highest BCUT2D eigenvalue weighted by Gasteiger charge is 2.28. The molecule has 3 unspecified atom stereocenters. The molecule has 0 spiro atoms. The molecular weight excluding hydrogens is 244 g/mol. The van der Waals surface area contributed by atoms with Crippen LogP contribution in [0.2, 0.25) is 0 Å². The van der Waals surface area contributed by atoms with Crippen LogP contribution in [0.3, 0.4) is 0 Å². The first-order chi connectivity index (χ1) is 9.83. The largest absolute Gasteiger partial charge is 0.316 e. The third kappa shape index (κ3) is 3.42. The fourth-order valence-corrected chi connectivity index (χ4v) is 3.93. The van der Waals surface area contributed by atoms with Crippen molar-refractivity contribution in [1.29, 1.82) is 0 Å². The predicted octanol–water partition coefficient (Wildman–Crippen LogP) is 3.25. The fourth-order valence-electron chi connectivity index (χ4n) is 3.93. The van der Waals surface area contributed by atoms with E-state index in [1.54, 1.807) is 5.56 Å². The summed E-state index contributed by atoms with van der Waals surface area (Å²) in [5.41, 5.74) is 1.54. The van der Waals surface area contributed by atoms with Crippen LogP contribution in [0, 0.1) is 5.92 Å². The summed E-state index contributed by atoms with van der Waals surface area (Å²) in [7, 11) is 0. The van der Waals surface area contributed by atoms with Gasteiger partial charge in [0.05, 0.1) is 0 Å². The second kappa shape index (κ2) is 6.73. The van der Waals surface area contributed by atoms with Crippen molar-refractivity contribution >= 4 is 0 Å². The molecule has 3 rings (SSSR count). The number of benzene rings is 1. The van der Waals surface area contributed by atoms with Gasteiger partial charge in [-0.1, -0.05) is 30.3 Å². The van der Waals surface area contributed by atoms with Crippen molar-refractivity contribution in [2.75, 3.05) is 26.2 Å². The maximum atomic E-state index is 3.55. The Bertz CT molecular complexity index is 397. The molecule has 2 aliphatic rings. The Morgan fingerprint density at radius 1 is 1.20 bits per heavy atom. The average molecular weight is 272 g/mol. The van der Waals surface area contributed by atoms with Gasteiger partial charge in [-0.3, -0.25) is 0 Å². The highest BCUT2D eigenvalue weighted by Crippen LogP contribution is 2.32. The standard InChI is InChI=1S/C18H28N2/c1-15-12-18(17-7-3-2-4-8-17)9-11-20(15)14-16-6-5-10-19-13-16/h2-4,7-8,15-16,18-19H,5-6,9-14H2,1H3. The van der Waals surface area contributed by atoms with Gasteiger partial charge in [-0.25, -0.2) is 0 Å². The zero-order chi connectivity index (χ0) is 13.8. The van der Waals surface area contributed by atoms with E-state index in [9.17, 15) is 0 Å². The Kier molecular flexibility index (Phi) is 4.74. The lowest BCUT2D eigenvalue weighted by Gasteiger charge is -2.40. The summed E-state index contributed by atoms with van der Waals surface area (Å²) in [6.07, 6.45) is 5.43. The number of piperidine rings is 2. The van der Waals surface area contributed by atoms with E-state index >= 15 is 0 Å². The minimum Gasteiger partial charge on any atom is -0.316 e. The highest BCUT2D eigenvalue weighted by molar-refractivity contribution is 5.20. The molecule has 110 valence electrons. The van der Waals surface area contributed by atoms with Crippen molar-refractivity contribution in [1.82, 2.24) is 10.2 Å². The van der Waals surface area contributed by atoms with Gasteiger partial charge in [0.2, 0.25) is 0 Å². The second-order valence-electron chi connectivity index (χ2n) is 6.69. The van der Waals surface area contributed by atoms with Crippen LogP contribution in [0.5, 0.6) is 0 Å². The SMILES string of the molecule is CC1CC(c2ccccc2)CCN1CC1CCCNC1. The summed E-state index contributed by atoms with van der Waals surface area (Å²) in [6.45, 7) is 7.45. The van der Waals surface area contributed by atoms with Crippen molar-refractivity contribution in [3.8, 4) is 0 Å². The molecule has 2 aliphatic heterocycles. The number of likely N-dealkylation sites (tertiary alicyclic amines) is 1. The second-order valence-corrected chi connectivity index (χ2v) is 6.69. The molecule has 20 heavy (non-hydrogen) atoms. The number of nitrogens with one attached hydrogen (secondary N) is 1. The van der Waals surface area contributed by atoms with Crippen LogP contribution in [0.1, 0.15) is 44.1 Å². The number of hydrogen-bond acceptors (Lipinski definition) is 2. The molecule has 1 aromatic carbocycles. The summed E-state index contributed by atoms with van der Waals surface area (Å²) in [6, 6.07) is 11.8. The van der Waals surface area contributed by atoms with Crippen molar-refractivity contribution in [3.63, 3.8) is 0 Å². The van der Waals surface area contributed by atoms with Crippen molar-refractivity contribution in [3.05, 3.63) is 35.9 Å². The molecule has 2 heterocycles. The van der Waals surface area contributed by atoms with Gasteiger partial charge in [-0.15, -0.1) is 0 Å². The lowest BCUT2D eigenvalue weighted by atomic mass is 9.85. The highest BCUT2D eigenvalue weighted by atomic mass is 15.2. The minimum atomic E-state index is 0.732. The third-order valence-corrected chi connectivity index (χ3v) is 5.18.